The number of halogens is 2. The Morgan fingerprint density at radius 3 is 2.89 bits per heavy atom. The van der Waals surface area contributed by atoms with Crippen LogP contribution < -0.4 is 5.43 Å². The standard InChI is InChI=1S/C11H9F2N3OS/c1-6-5-18-11(15-6)16-14-4-7-9(17)3-2-8(12)10(7)13/h2-5,17H,1H3,(H,15,16). The average molecular weight is 269 g/mol. The maximum Gasteiger partial charge on any atom is 0.203 e. The third kappa shape index (κ3) is 2.62. The molecule has 4 nitrogen and oxygen atoms in total. The molecule has 2 rings (SSSR count). The summed E-state index contributed by atoms with van der Waals surface area (Å²) in [7, 11) is 0. The van der Waals surface area contributed by atoms with Crippen LogP contribution in [0.5, 0.6) is 5.75 Å². The molecule has 0 aliphatic heterocycles. The second-order valence-electron chi connectivity index (χ2n) is 3.46. The molecule has 0 aliphatic rings. The van der Waals surface area contributed by atoms with Gasteiger partial charge >= 0.3 is 0 Å². The molecule has 0 atom stereocenters. The van der Waals surface area contributed by atoms with Crippen LogP contribution in [0.25, 0.3) is 0 Å². The highest BCUT2D eigenvalue weighted by atomic mass is 32.1. The quantitative estimate of drug-likeness (QED) is 0.665. The zero-order valence-electron chi connectivity index (χ0n) is 9.32. The summed E-state index contributed by atoms with van der Waals surface area (Å²) in [5.74, 6) is -2.56. The zero-order valence-corrected chi connectivity index (χ0v) is 10.1. The fraction of sp³-hybridized carbons (Fsp3) is 0.0909. The van der Waals surface area contributed by atoms with Crippen LogP contribution in [-0.4, -0.2) is 16.3 Å². The number of aryl methyl sites for hydroxylation is 1. The molecule has 0 radical (unpaired) electrons. The predicted octanol–water partition coefficient (Wildman–Crippen LogP) is 2.88. The summed E-state index contributed by atoms with van der Waals surface area (Å²) in [5, 5.41) is 15.4. The fourth-order valence-electron chi connectivity index (χ4n) is 1.24. The van der Waals surface area contributed by atoms with Gasteiger partial charge in [0.1, 0.15) is 5.75 Å². The molecule has 1 heterocycles. The lowest BCUT2D eigenvalue weighted by Gasteiger charge is -2.01. The molecule has 0 bridgehead atoms. The molecule has 0 saturated carbocycles. The number of anilines is 1. The van der Waals surface area contributed by atoms with Crippen molar-refractivity contribution >= 4 is 22.7 Å². The Labute approximate surface area is 106 Å². The number of hydrogen-bond donors (Lipinski definition) is 2. The highest BCUT2D eigenvalue weighted by molar-refractivity contribution is 7.13. The summed E-state index contributed by atoms with van der Waals surface area (Å²) in [4.78, 5) is 4.07. The summed E-state index contributed by atoms with van der Waals surface area (Å²) in [6.07, 6.45) is 1.00. The van der Waals surface area contributed by atoms with Crippen LogP contribution in [0.4, 0.5) is 13.9 Å². The Kier molecular flexibility index (Phi) is 3.52. The number of benzene rings is 1. The van der Waals surface area contributed by atoms with Gasteiger partial charge in [-0.05, 0) is 19.1 Å². The van der Waals surface area contributed by atoms with Gasteiger partial charge in [0.15, 0.2) is 11.6 Å². The van der Waals surface area contributed by atoms with E-state index in [1.807, 2.05) is 12.3 Å². The highest BCUT2D eigenvalue weighted by Crippen LogP contribution is 2.20. The van der Waals surface area contributed by atoms with E-state index in [0.717, 1.165) is 24.0 Å². The molecule has 0 unspecified atom stereocenters. The van der Waals surface area contributed by atoms with Crippen LogP contribution in [0, 0.1) is 18.6 Å². The number of phenols is 1. The number of hydrogen-bond acceptors (Lipinski definition) is 5. The molecule has 1 aromatic heterocycles. The van der Waals surface area contributed by atoms with E-state index in [1.165, 1.54) is 11.3 Å². The van der Waals surface area contributed by atoms with Crippen molar-refractivity contribution in [3.05, 3.63) is 40.4 Å². The number of thiazole rings is 1. The SMILES string of the molecule is Cc1csc(NN=Cc2c(O)ccc(F)c2F)n1. The molecule has 0 amide bonds. The Hall–Kier alpha value is -2.02. The minimum Gasteiger partial charge on any atom is -0.507 e. The lowest BCUT2D eigenvalue weighted by molar-refractivity contribution is 0.453. The van der Waals surface area contributed by atoms with E-state index in [1.54, 1.807) is 0 Å². The summed E-state index contributed by atoms with van der Waals surface area (Å²) in [5.41, 5.74) is 3.09. The van der Waals surface area contributed by atoms with Crippen LogP contribution >= 0.6 is 11.3 Å². The van der Waals surface area contributed by atoms with Crippen molar-refractivity contribution in [2.45, 2.75) is 6.92 Å². The van der Waals surface area contributed by atoms with E-state index in [4.69, 9.17) is 0 Å². The van der Waals surface area contributed by atoms with Crippen LogP contribution in [0.2, 0.25) is 0 Å². The lowest BCUT2D eigenvalue weighted by atomic mass is 10.2. The normalized spacial score (nSPS) is 11.1. The first-order chi connectivity index (χ1) is 8.58. The van der Waals surface area contributed by atoms with Crippen LogP contribution in [0.3, 0.4) is 0 Å². The largest absolute Gasteiger partial charge is 0.507 e. The summed E-state index contributed by atoms with van der Waals surface area (Å²) in [6.45, 7) is 1.82. The molecule has 94 valence electrons. The topological polar surface area (TPSA) is 57.5 Å². The first kappa shape index (κ1) is 12.4. The van der Waals surface area contributed by atoms with Gasteiger partial charge in [0.25, 0.3) is 0 Å². The van der Waals surface area contributed by atoms with E-state index in [9.17, 15) is 13.9 Å². The third-order valence-electron chi connectivity index (χ3n) is 2.08. The number of aromatic nitrogens is 1. The van der Waals surface area contributed by atoms with Crippen molar-refractivity contribution in [2.24, 2.45) is 5.10 Å². The van der Waals surface area contributed by atoms with Gasteiger partial charge in [0.2, 0.25) is 5.13 Å². The van der Waals surface area contributed by atoms with Crippen LogP contribution in [-0.2, 0) is 0 Å². The Morgan fingerprint density at radius 1 is 1.44 bits per heavy atom. The number of aromatic hydroxyl groups is 1. The number of nitrogens with one attached hydrogen (secondary N) is 1. The molecule has 0 aliphatic carbocycles. The maximum atomic E-state index is 13.3. The molecule has 0 fully saturated rings. The Morgan fingerprint density at radius 2 is 2.22 bits per heavy atom. The molecule has 0 spiro atoms. The van der Waals surface area contributed by atoms with Crippen LogP contribution in [0.1, 0.15) is 11.3 Å². The number of nitrogens with zero attached hydrogens (tertiary/aromatic N) is 2. The molecule has 18 heavy (non-hydrogen) atoms. The summed E-state index contributed by atoms with van der Waals surface area (Å²) < 4.78 is 26.3. The van der Waals surface area contributed by atoms with Gasteiger partial charge in [-0.15, -0.1) is 11.3 Å². The number of rotatable bonds is 3. The molecule has 0 saturated heterocycles. The first-order valence-corrected chi connectivity index (χ1v) is 5.84. The van der Waals surface area contributed by atoms with E-state index < -0.39 is 11.6 Å². The van der Waals surface area contributed by atoms with Gasteiger partial charge in [-0.3, -0.25) is 5.43 Å². The molecule has 2 aromatic rings. The predicted molar refractivity (Wildman–Crippen MR) is 66.1 cm³/mol. The molecule has 1 aromatic carbocycles. The minimum absolute atomic E-state index is 0.309. The van der Waals surface area contributed by atoms with Gasteiger partial charge in [0, 0.05) is 5.38 Å². The minimum atomic E-state index is -1.14. The molecule has 7 heteroatoms. The molecule has 2 N–H and O–H groups in total. The highest BCUT2D eigenvalue weighted by Gasteiger charge is 2.10. The maximum absolute atomic E-state index is 13.3. The van der Waals surface area contributed by atoms with E-state index in [-0.39, 0.29) is 11.3 Å². The lowest BCUT2D eigenvalue weighted by Crippen LogP contribution is -1.96. The second-order valence-corrected chi connectivity index (χ2v) is 4.32. The second kappa shape index (κ2) is 5.09. The van der Waals surface area contributed by atoms with Gasteiger partial charge in [-0.25, -0.2) is 13.8 Å². The van der Waals surface area contributed by atoms with Gasteiger partial charge in [0.05, 0.1) is 17.5 Å². The molecular formula is C11H9F2N3OS. The number of hydrazone groups is 1. The van der Waals surface area contributed by atoms with E-state index >= 15 is 0 Å². The zero-order chi connectivity index (χ0) is 13.1. The van der Waals surface area contributed by atoms with Crippen LogP contribution in [0.15, 0.2) is 22.6 Å². The molecular weight excluding hydrogens is 260 g/mol. The Balaban J connectivity index is 2.16. The van der Waals surface area contributed by atoms with E-state index in [2.05, 4.69) is 15.5 Å². The Bertz CT molecular complexity index is 598. The monoisotopic (exact) mass is 269 g/mol. The van der Waals surface area contributed by atoms with Crippen molar-refractivity contribution in [1.82, 2.24) is 4.98 Å². The number of phenolic OH excluding ortho intramolecular Hbond substituents is 1. The van der Waals surface area contributed by atoms with Gasteiger partial charge in [-0.2, -0.15) is 5.10 Å². The fourth-order valence-corrected chi connectivity index (χ4v) is 1.87. The van der Waals surface area contributed by atoms with Crippen molar-refractivity contribution in [3.8, 4) is 5.75 Å². The van der Waals surface area contributed by atoms with Crippen molar-refractivity contribution in [3.63, 3.8) is 0 Å². The van der Waals surface area contributed by atoms with Crippen molar-refractivity contribution in [1.29, 1.82) is 0 Å². The first-order valence-electron chi connectivity index (χ1n) is 4.96. The third-order valence-corrected chi connectivity index (χ3v) is 2.95. The van der Waals surface area contributed by atoms with Crippen molar-refractivity contribution < 1.29 is 13.9 Å². The summed E-state index contributed by atoms with van der Waals surface area (Å²) >= 11 is 1.33. The van der Waals surface area contributed by atoms with Gasteiger partial charge < -0.3 is 5.11 Å². The van der Waals surface area contributed by atoms with Crippen molar-refractivity contribution in [2.75, 3.05) is 5.43 Å². The average Bonchev–Trinajstić information content (AvgIpc) is 2.74. The summed E-state index contributed by atoms with van der Waals surface area (Å²) in [6, 6.07) is 1.91. The van der Waals surface area contributed by atoms with E-state index in [0.29, 0.717) is 5.13 Å². The smallest absolute Gasteiger partial charge is 0.203 e. The van der Waals surface area contributed by atoms with Gasteiger partial charge in [-0.1, -0.05) is 0 Å².